The van der Waals surface area contributed by atoms with Crippen LogP contribution in [-0.4, -0.2) is 46.2 Å². The third-order valence-electron chi connectivity index (χ3n) is 7.07. The number of carbonyl (C=O) groups is 1. The highest BCUT2D eigenvalue weighted by atomic mass is 35.5. The fraction of sp³-hybridized carbons (Fsp3) is 0.346. The van der Waals surface area contributed by atoms with E-state index in [9.17, 15) is 14.7 Å². The van der Waals surface area contributed by atoms with E-state index >= 15 is 0 Å². The minimum Gasteiger partial charge on any atom is -0.505 e. The van der Waals surface area contributed by atoms with Gasteiger partial charge in [0, 0.05) is 43.4 Å². The van der Waals surface area contributed by atoms with Crippen molar-refractivity contribution < 1.29 is 14.6 Å². The summed E-state index contributed by atoms with van der Waals surface area (Å²) in [5.74, 6) is 1.83. The Labute approximate surface area is 210 Å². The zero-order chi connectivity index (χ0) is 24.4. The minimum absolute atomic E-state index is 0.0126. The number of aromatic hydroxyl groups is 1. The molecule has 0 spiro atoms. The number of fused-ring (bicyclic) bond motifs is 3. The summed E-state index contributed by atoms with van der Waals surface area (Å²) in [6.07, 6.45) is 2.58. The molecule has 2 aromatic heterocycles. The number of thiophene rings is 1. The smallest absolute Gasteiger partial charge is 0.263 e. The molecule has 2 aliphatic rings. The van der Waals surface area contributed by atoms with E-state index in [1.54, 1.807) is 35.8 Å². The van der Waals surface area contributed by atoms with Gasteiger partial charge in [0.15, 0.2) is 5.75 Å². The van der Waals surface area contributed by atoms with Gasteiger partial charge in [-0.2, -0.15) is 0 Å². The number of rotatable bonds is 5. The number of hydrogen-bond acceptors (Lipinski definition) is 6. The molecular formula is C26H24ClN3O4S. The lowest BCUT2D eigenvalue weighted by atomic mass is 10.0. The predicted molar refractivity (Wildman–Crippen MR) is 138 cm³/mol. The van der Waals surface area contributed by atoms with Crippen LogP contribution in [0.25, 0.3) is 31.7 Å². The van der Waals surface area contributed by atoms with Gasteiger partial charge < -0.3 is 14.7 Å². The topological polar surface area (TPSA) is 84.7 Å². The van der Waals surface area contributed by atoms with Crippen molar-refractivity contribution in [2.75, 3.05) is 20.7 Å². The van der Waals surface area contributed by atoms with Crippen LogP contribution in [0.5, 0.6) is 11.5 Å². The van der Waals surface area contributed by atoms with Crippen molar-refractivity contribution >= 4 is 49.1 Å². The zero-order valence-corrected chi connectivity index (χ0v) is 20.9. The monoisotopic (exact) mass is 509 g/mol. The molecular weight excluding hydrogens is 486 g/mol. The Balaban J connectivity index is 1.62. The number of methoxy groups -OCH3 is 1. The SMILES string of the molecule is COc1ccc(-c2nc3sc4c(O)c(Cl)ccc4c3c(=O)n2C[C@@H]2CC(=O)N(C)C2)c(C2CC2)c1. The maximum absolute atomic E-state index is 14.1. The Morgan fingerprint density at radius 2 is 2.03 bits per heavy atom. The lowest BCUT2D eigenvalue weighted by Gasteiger charge is -2.18. The van der Waals surface area contributed by atoms with Crippen LogP contribution in [0.3, 0.4) is 0 Å². The van der Waals surface area contributed by atoms with Gasteiger partial charge in [-0.3, -0.25) is 14.2 Å². The van der Waals surface area contributed by atoms with Crippen LogP contribution in [0.4, 0.5) is 0 Å². The summed E-state index contributed by atoms with van der Waals surface area (Å²) in [7, 11) is 3.44. The highest BCUT2D eigenvalue weighted by Gasteiger charge is 2.32. The lowest BCUT2D eigenvalue weighted by Crippen LogP contribution is -2.28. The molecule has 6 rings (SSSR count). The number of halogens is 1. The Kier molecular flexibility index (Phi) is 5.27. The molecule has 7 nitrogen and oxygen atoms in total. The van der Waals surface area contributed by atoms with Crippen LogP contribution in [0.1, 0.15) is 30.7 Å². The summed E-state index contributed by atoms with van der Waals surface area (Å²) < 4.78 is 7.75. The van der Waals surface area contributed by atoms with Gasteiger partial charge in [0.2, 0.25) is 5.91 Å². The summed E-state index contributed by atoms with van der Waals surface area (Å²) in [6, 6.07) is 9.27. The molecule has 1 amide bonds. The van der Waals surface area contributed by atoms with Crippen molar-refractivity contribution in [3.63, 3.8) is 0 Å². The van der Waals surface area contributed by atoms with Crippen molar-refractivity contribution in [3.8, 4) is 22.9 Å². The molecule has 180 valence electrons. The summed E-state index contributed by atoms with van der Waals surface area (Å²) in [6.45, 7) is 0.988. The molecule has 0 bridgehead atoms. The largest absolute Gasteiger partial charge is 0.505 e. The van der Waals surface area contributed by atoms with Gasteiger partial charge in [0.05, 0.1) is 22.2 Å². The molecule has 1 N–H and O–H groups in total. The van der Waals surface area contributed by atoms with Gasteiger partial charge in [-0.15, -0.1) is 11.3 Å². The first-order valence-electron chi connectivity index (χ1n) is 11.6. The quantitative estimate of drug-likeness (QED) is 0.409. The molecule has 3 heterocycles. The molecule has 2 fully saturated rings. The fourth-order valence-corrected chi connectivity index (χ4v) is 6.42. The Morgan fingerprint density at radius 3 is 2.71 bits per heavy atom. The lowest BCUT2D eigenvalue weighted by molar-refractivity contribution is -0.126. The second-order valence-corrected chi connectivity index (χ2v) is 10.9. The molecule has 0 unspecified atom stereocenters. The van der Waals surface area contributed by atoms with Gasteiger partial charge >= 0.3 is 0 Å². The van der Waals surface area contributed by atoms with E-state index in [-0.39, 0.29) is 28.2 Å². The van der Waals surface area contributed by atoms with E-state index in [1.807, 2.05) is 18.2 Å². The molecule has 35 heavy (non-hydrogen) atoms. The standard InChI is InChI=1S/C26H24ClN3O4S/c1-29-11-13(9-20(29)31)12-30-24(16-6-5-15(34-2)10-18(16)14-3-4-14)28-25-21(26(30)33)17-7-8-19(27)22(32)23(17)35-25/h5-8,10,13-14,32H,3-4,9,11-12H2,1-2H3/t13-/m1/s1. The maximum Gasteiger partial charge on any atom is 0.263 e. The zero-order valence-electron chi connectivity index (χ0n) is 19.4. The number of benzene rings is 2. The van der Waals surface area contributed by atoms with Crippen LogP contribution in [0.15, 0.2) is 35.1 Å². The third kappa shape index (κ3) is 3.67. The second kappa shape index (κ2) is 8.24. The van der Waals surface area contributed by atoms with E-state index in [4.69, 9.17) is 21.3 Å². The molecule has 9 heteroatoms. The average molecular weight is 510 g/mol. The first-order valence-corrected chi connectivity index (χ1v) is 12.8. The maximum atomic E-state index is 14.1. The number of aromatic nitrogens is 2. The van der Waals surface area contributed by atoms with Crippen LogP contribution in [0, 0.1) is 5.92 Å². The first-order chi connectivity index (χ1) is 16.9. The van der Waals surface area contributed by atoms with Gasteiger partial charge in [-0.1, -0.05) is 17.7 Å². The molecule has 1 atom stereocenters. The van der Waals surface area contributed by atoms with Gasteiger partial charge in [0.1, 0.15) is 16.4 Å². The summed E-state index contributed by atoms with van der Waals surface area (Å²) in [5, 5.41) is 11.9. The normalized spacial score (nSPS) is 18.2. The molecule has 0 radical (unpaired) electrons. The predicted octanol–water partition coefficient (Wildman–Crippen LogP) is 5.00. The summed E-state index contributed by atoms with van der Waals surface area (Å²) >= 11 is 7.42. The minimum atomic E-state index is -0.169. The number of hydrogen-bond donors (Lipinski definition) is 1. The van der Waals surface area contributed by atoms with Crippen LogP contribution < -0.4 is 10.3 Å². The molecule has 1 aliphatic carbocycles. The van der Waals surface area contributed by atoms with Crippen molar-refractivity contribution in [2.24, 2.45) is 5.92 Å². The second-order valence-electron chi connectivity index (χ2n) is 9.48. The number of carbonyl (C=O) groups excluding carboxylic acids is 1. The van der Waals surface area contributed by atoms with E-state index in [0.29, 0.717) is 51.6 Å². The molecule has 1 aliphatic heterocycles. The first kappa shape index (κ1) is 22.4. The number of amides is 1. The van der Waals surface area contributed by atoms with Gasteiger partial charge in [0.25, 0.3) is 5.56 Å². The highest BCUT2D eigenvalue weighted by Crippen LogP contribution is 2.46. The molecule has 1 saturated heterocycles. The summed E-state index contributed by atoms with van der Waals surface area (Å²) in [4.78, 5) is 33.6. The fourth-order valence-electron chi connectivity index (χ4n) is 5.10. The van der Waals surface area contributed by atoms with Gasteiger partial charge in [-0.05, 0) is 48.6 Å². The van der Waals surface area contributed by atoms with Crippen molar-refractivity contribution in [1.82, 2.24) is 14.5 Å². The van der Waals surface area contributed by atoms with E-state index in [1.165, 1.54) is 11.3 Å². The highest BCUT2D eigenvalue weighted by molar-refractivity contribution is 7.25. The number of ether oxygens (including phenoxy) is 1. The third-order valence-corrected chi connectivity index (χ3v) is 8.48. The molecule has 1 saturated carbocycles. The van der Waals surface area contributed by atoms with Crippen molar-refractivity contribution in [1.29, 1.82) is 0 Å². The Hall–Kier alpha value is -3.10. The average Bonchev–Trinajstić information content (AvgIpc) is 3.55. The van der Waals surface area contributed by atoms with E-state index in [0.717, 1.165) is 29.7 Å². The van der Waals surface area contributed by atoms with Crippen LogP contribution in [0.2, 0.25) is 5.02 Å². The number of phenolic OH excluding ortho intramolecular Hbond substituents is 1. The Bertz CT molecular complexity index is 1570. The van der Waals surface area contributed by atoms with E-state index in [2.05, 4.69) is 0 Å². The van der Waals surface area contributed by atoms with Crippen LogP contribution in [-0.2, 0) is 11.3 Å². The van der Waals surface area contributed by atoms with Crippen molar-refractivity contribution in [2.45, 2.75) is 31.7 Å². The number of phenols is 1. The Morgan fingerprint density at radius 1 is 1.23 bits per heavy atom. The van der Waals surface area contributed by atoms with Crippen LogP contribution >= 0.6 is 22.9 Å². The molecule has 4 aromatic rings. The van der Waals surface area contributed by atoms with Gasteiger partial charge in [-0.25, -0.2) is 4.98 Å². The molecule has 2 aromatic carbocycles. The number of likely N-dealkylation sites (tertiary alicyclic amines) is 1. The van der Waals surface area contributed by atoms with Crippen molar-refractivity contribution in [3.05, 3.63) is 51.3 Å². The van der Waals surface area contributed by atoms with E-state index < -0.39 is 0 Å². The summed E-state index contributed by atoms with van der Waals surface area (Å²) in [5.41, 5.74) is 1.86. The number of nitrogens with zero attached hydrogens (tertiary/aromatic N) is 3.